The van der Waals surface area contributed by atoms with Crippen molar-refractivity contribution in [2.45, 2.75) is 0 Å². The van der Waals surface area contributed by atoms with Crippen LogP contribution in [0.3, 0.4) is 0 Å². The number of hydrogen-bond donors (Lipinski definition) is 0. The molecule has 0 fully saturated rings. The number of ketones is 1. The Bertz CT molecular complexity index is 460. The first-order valence-corrected chi connectivity index (χ1v) is 5.40. The maximum Gasteiger partial charge on any atom is 0.185 e. The molecule has 0 spiro atoms. The van der Waals surface area contributed by atoms with Crippen molar-refractivity contribution < 1.29 is 4.79 Å². The van der Waals surface area contributed by atoms with Gasteiger partial charge in [0.15, 0.2) is 5.78 Å². The van der Waals surface area contributed by atoms with Crippen molar-refractivity contribution in [2.24, 2.45) is 0 Å². The Balaban J connectivity index is 2.11. The topological polar surface area (TPSA) is 30.0 Å². The van der Waals surface area contributed by atoms with E-state index in [-0.39, 0.29) is 5.78 Å². The third kappa shape index (κ3) is 2.60. The number of rotatable bonds is 3. The molecule has 0 bridgehead atoms. The molecule has 2 nitrogen and oxygen atoms in total. The summed E-state index contributed by atoms with van der Waals surface area (Å²) in [5, 5.41) is 1.98. The Kier molecular flexibility index (Phi) is 3.05. The van der Waals surface area contributed by atoms with E-state index in [9.17, 15) is 4.79 Å². The molecule has 0 aliphatic heterocycles. The van der Waals surface area contributed by atoms with Gasteiger partial charge in [-0.25, -0.2) is 0 Å². The summed E-state index contributed by atoms with van der Waals surface area (Å²) in [6, 6.07) is 7.35. The van der Waals surface area contributed by atoms with Gasteiger partial charge in [-0.15, -0.1) is 11.3 Å². The van der Waals surface area contributed by atoms with Crippen molar-refractivity contribution in [1.82, 2.24) is 4.98 Å². The third-order valence-corrected chi connectivity index (χ3v) is 2.74. The van der Waals surface area contributed by atoms with Gasteiger partial charge in [0.25, 0.3) is 0 Å². The average molecular weight is 215 g/mol. The van der Waals surface area contributed by atoms with Crippen molar-refractivity contribution in [2.75, 3.05) is 0 Å². The Morgan fingerprint density at radius 2 is 2.07 bits per heavy atom. The van der Waals surface area contributed by atoms with Crippen LogP contribution in [0.1, 0.15) is 15.2 Å². The zero-order valence-corrected chi connectivity index (χ0v) is 8.78. The molecule has 74 valence electrons. The quantitative estimate of drug-likeness (QED) is 0.582. The maximum atomic E-state index is 11.6. The molecule has 0 atom stereocenters. The minimum absolute atomic E-state index is 0.00537. The van der Waals surface area contributed by atoms with E-state index in [1.807, 2.05) is 23.6 Å². The monoisotopic (exact) mass is 215 g/mol. The minimum atomic E-state index is 0.00537. The zero-order valence-electron chi connectivity index (χ0n) is 7.96. The predicted molar refractivity (Wildman–Crippen MR) is 61.9 cm³/mol. The van der Waals surface area contributed by atoms with Crippen molar-refractivity contribution in [3.63, 3.8) is 0 Å². The first-order chi connectivity index (χ1) is 7.36. The number of thiophene rings is 1. The summed E-state index contributed by atoms with van der Waals surface area (Å²) in [5.74, 6) is 0.00537. The fraction of sp³-hybridized carbons (Fsp3) is 0. The summed E-state index contributed by atoms with van der Waals surface area (Å²) in [5.41, 5.74) is 0.665. The molecule has 0 aliphatic carbocycles. The van der Waals surface area contributed by atoms with Crippen LogP contribution in [-0.2, 0) is 0 Å². The standard InChI is InChI=1S/C12H9NOS/c14-12(10-5-7-13-8-6-10)4-3-11-2-1-9-15-11/h1-9H/b4-3+. The summed E-state index contributed by atoms with van der Waals surface area (Å²) in [4.78, 5) is 16.6. The molecule has 2 aromatic heterocycles. The van der Waals surface area contributed by atoms with E-state index in [1.54, 1.807) is 41.9 Å². The Morgan fingerprint density at radius 3 is 2.73 bits per heavy atom. The molecular weight excluding hydrogens is 206 g/mol. The highest BCUT2D eigenvalue weighted by atomic mass is 32.1. The van der Waals surface area contributed by atoms with Crippen LogP contribution in [0.15, 0.2) is 48.1 Å². The molecule has 0 amide bonds. The Morgan fingerprint density at radius 1 is 1.27 bits per heavy atom. The minimum Gasteiger partial charge on any atom is -0.289 e. The summed E-state index contributed by atoms with van der Waals surface area (Å²) in [6.07, 6.45) is 6.65. The number of nitrogens with zero attached hydrogens (tertiary/aromatic N) is 1. The van der Waals surface area contributed by atoms with Crippen molar-refractivity contribution >= 4 is 23.2 Å². The number of aromatic nitrogens is 1. The second kappa shape index (κ2) is 4.66. The summed E-state index contributed by atoms with van der Waals surface area (Å²) < 4.78 is 0. The van der Waals surface area contributed by atoms with E-state index >= 15 is 0 Å². The number of carbonyl (C=O) groups excluding carboxylic acids is 1. The van der Waals surface area contributed by atoms with Gasteiger partial charge in [-0.3, -0.25) is 9.78 Å². The van der Waals surface area contributed by atoms with Crippen molar-refractivity contribution in [3.8, 4) is 0 Å². The molecule has 2 rings (SSSR count). The van der Waals surface area contributed by atoms with Gasteiger partial charge in [-0.05, 0) is 35.7 Å². The predicted octanol–water partition coefficient (Wildman–Crippen LogP) is 3.04. The Hall–Kier alpha value is -1.74. The lowest BCUT2D eigenvalue weighted by Crippen LogP contribution is -1.93. The van der Waals surface area contributed by atoms with Crippen molar-refractivity contribution in [1.29, 1.82) is 0 Å². The van der Waals surface area contributed by atoms with E-state index in [2.05, 4.69) is 4.98 Å². The van der Waals surface area contributed by atoms with Gasteiger partial charge in [0, 0.05) is 22.8 Å². The molecule has 2 heterocycles. The summed E-state index contributed by atoms with van der Waals surface area (Å²) >= 11 is 1.61. The largest absolute Gasteiger partial charge is 0.289 e. The number of carbonyl (C=O) groups is 1. The number of allylic oxidation sites excluding steroid dienone is 1. The maximum absolute atomic E-state index is 11.6. The van der Waals surface area contributed by atoms with E-state index < -0.39 is 0 Å². The van der Waals surface area contributed by atoms with Crippen LogP contribution in [0.25, 0.3) is 6.08 Å². The summed E-state index contributed by atoms with van der Waals surface area (Å²) in [7, 11) is 0. The average Bonchev–Trinajstić information content (AvgIpc) is 2.80. The number of pyridine rings is 1. The van der Waals surface area contributed by atoms with Crippen LogP contribution in [0.2, 0.25) is 0 Å². The molecule has 0 N–H and O–H groups in total. The van der Waals surface area contributed by atoms with Crippen LogP contribution >= 0.6 is 11.3 Å². The van der Waals surface area contributed by atoms with Crippen LogP contribution in [0, 0.1) is 0 Å². The normalized spacial score (nSPS) is 10.7. The van der Waals surface area contributed by atoms with Crippen LogP contribution in [0.5, 0.6) is 0 Å². The lowest BCUT2D eigenvalue weighted by atomic mass is 10.1. The highest BCUT2D eigenvalue weighted by Gasteiger charge is 1.99. The lowest BCUT2D eigenvalue weighted by Gasteiger charge is -1.92. The molecule has 2 aromatic rings. The first-order valence-electron chi connectivity index (χ1n) is 4.52. The van der Waals surface area contributed by atoms with Gasteiger partial charge in [-0.2, -0.15) is 0 Å². The molecule has 0 saturated carbocycles. The van der Waals surface area contributed by atoms with E-state index in [1.165, 1.54) is 0 Å². The SMILES string of the molecule is O=C(/C=C/c1cccs1)c1ccncc1. The molecule has 0 saturated heterocycles. The molecule has 0 radical (unpaired) electrons. The lowest BCUT2D eigenvalue weighted by molar-refractivity contribution is 0.104. The van der Waals surface area contributed by atoms with E-state index in [4.69, 9.17) is 0 Å². The highest BCUT2D eigenvalue weighted by molar-refractivity contribution is 7.10. The van der Waals surface area contributed by atoms with Gasteiger partial charge < -0.3 is 0 Å². The fourth-order valence-electron chi connectivity index (χ4n) is 1.16. The van der Waals surface area contributed by atoms with Gasteiger partial charge in [-0.1, -0.05) is 6.07 Å². The fourth-order valence-corrected chi connectivity index (χ4v) is 1.77. The first kappa shape index (κ1) is 9.80. The second-order valence-electron chi connectivity index (χ2n) is 2.95. The van der Waals surface area contributed by atoms with Gasteiger partial charge in [0.1, 0.15) is 0 Å². The van der Waals surface area contributed by atoms with Gasteiger partial charge in [0.2, 0.25) is 0 Å². The van der Waals surface area contributed by atoms with Crippen LogP contribution < -0.4 is 0 Å². The smallest absolute Gasteiger partial charge is 0.185 e. The molecular formula is C12H9NOS. The van der Waals surface area contributed by atoms with Gasteiger partial charge >= 0.3 is 0 Å². The highest BCUT2D eigenvalue weighted by Crippen LogP contribution is 2.11. The zero-order chi connectivity index (χ0) is 10.5. The Labute approximate surface area is 91.9 Å². The second-order valence-corrected chi connectivity index (χ2v) is 3.93. The third-order valence-electron chi connectivity index (χ3n) is 1.91. The molecule has 15 heavy (non-hydrogen) atoms. The molecule has 3 heteroatoms. The van der Waals surface area contributed by atoms with Crippen LogP contribution in [0.4, 0.5) is 0 Å². The van der Waals surface area contributed by atoms with E-state index in [0.29, 0.717) is 5.56 Å². The summed E-state index contributed by atoms with van der Waals surface area (Å²) in [6.45, 7) is 0. The molecule has 0 aliphatic rings. The molecule has 0 unspecified atom stereocenters. The van der Waals surface area contributed by atoms with Crippen LogP contribution in [-0.4, -0.2) is 10.8 Å². The number of hydrogen-bond acceptors (Lipinski definition) is 3. The molecule has 0 aromatic carbocycles. The van der Waals surface area contributed by atoms with Gasteiger partial charge in [0.05, 0.1) is 0 Å². The van der Waals surface area contributed by atoms with Crippen molar-refractivity contribution in [3.05, 3.63) is 58.6 Å². The van der Waals surface area contributed by atoms with E-state index in [0.717, 1.165) is 4.88 Å².